The summed E-state index contributed by atoms with van der Waals surface area (Å²) in [5.74, 6) is 0. The quantitative estimate of drug-likeness (QED) is 0.518. The number of ether oxygens (including phenoxy) is 1. The van der Waals surface area contributed by atoms with Crippen molar-refractivity contribution in [1.29, 1.82) is 0 Å². The lowest BCUT2D eigenvalue weighted by atomic mass is 10.0. The first kappa shape index (κ1) is 13.2. The predicted octanol–water partition coefficient (Wildman–Crippen LogP) is -2.32. The molecule has 2 rings (SSSR count). The molecule has 0 unspecified atom stereocenters. The van der Waals surface area contributed by atoms with Crippen LogP contribution in [-0.2, 0) is 4.74 Å². The number of rotatable bonds is 3. The van der Waals surface area contributed by atoms with Gasteiger partial charge in [-0.25, -0.2) is 0 Å². The van der Waals surface area contributed by atoms with Gasteiger partial charge in [0.1, 0.15) is 12.2 Å². The van der Waals surface area contributed by atoms with Crippen molar-refractivity contribution in [3.63, 3.8) is 0 Å². The van der Waals surface area contributed by atoms with E-state index < -0.39 is 12.2 Å². The molecule has 2 aliphatic heterocycles. The summed E-state index contributed by atoms with van der Waals surface area (Å²) in [6.07, 6.45) is -1.31. The van der Waals surface area contributed by atoms with Gasteiger partial charge in [-0.15, -0.1) is 0 Å². The molecule has 0 radical (unpaired) electrons. The van der Waals surface area contributed by atoms with E-state index in [2.05, 4.69) is 16.8 Å². The first-order valence-electron chi connectivity index (χ1n) is 6.24. The maximum Gasteiger partial charge on any atom is 0.109 e. The van der Waals surface area contributed by atoms with Gasteiger partial charge in [-0.2, -0.15) is 0 Å². The summed E-state index contributed by atoms with van der Waals surface area (Å²) in [6.45, 7) is 4.04. The fraction of sp³-hybridized carbons (Fsp3) is 1.00. The minimum Gasteiger partial charge on any atom is -0.394 e. The number of aliphatic hydroxyl groups is 2. The Morgan fingerprint density at radius 2 is 1.88 bits per heavy atom. The van der Waals surface area contributed by atoms with Crippen molar-refractivity contribution in [3.05, 3.63) is 0 Å². The Labute approximate surface area is 102 Å². The highest BCUT2D eigenvalue weighted by Crippen LogP contribution is 2.26. The molecule has 17 heavy (non-hydrogen) atoms. The van der Waals surface area contributed by atoms with E-state index in [1.54, 1.807) is 0 Å². The molecule has 0 aromatic carbocycles. The Hall–Kier alpha value is -0.240. The predicted molar refractivity (Wildman–Crippen MR) is 63.7 cm³/mol. The van der Waals surface area contributed by atoms with E-state index in [0.29, 0.717) is 6.54 Å². The summed E-state index contributed by atoms with van der Waals surface area (Å²) < 4.78 is 5.58. The Bertz CT molecular complexity index is 244. The molecular formula is C11H23N3O3. The van der Waals surface area contributed by atoms with Gasteiger partial charge in [-0.3, -0.25) is 4.90 Å². The second kappa shape index (κ2) is 5.60. The highest BCUT2D eigenvalue weighted by molar-refractivity contribution is 4.98. The minimum absolute atomic E-state index is 0.0779. The second-order valence-corrected chi connectivity index (χ2v) is 4.95. The molecule has 2 saturated heterocycles. The molecule has 0 aromatic rings. The van der Waals surface area contributed by atoms with Gasteiger partial charge in [0.05, 0.1) is 18.8 Å². The fourth-order valence-corrected chi connectivity index (χ4v) is 2.74. The van der Waals surface area contributed by atoms with Crippen molar-refractivity contribution in [2.75, 3.05) is 46.4 Å². The Kier molecular flexibility index (Phi) is 4.35. The highest BCUT2D eigenvalue weighted by Gasteiger charge is 2.45. The van der Waals surface area contributed by atoms with Crippen LogP contribution in [0.4, 0.5) is 0 Å². The molecule has 0 bridgehead atoms. The average Bonchev–Trinajstić information content (AvgIpc) is 2.67. The van der Waals surface area contributed by atoms with Crippen molar-refractivity contribution in [3.8, 4) is 0 Å². The van der Waals surface area contributed by atoms with Crippen LogP contribution in [0.5, 0.6) is 0 Å². The van der Waals surface area contributed by atoms with E-state index in [1.165, 1.54) is 0 Å². The maximum absolute atomic E-state index is 10.2. The van der Waals surface area contributed by atoms with E-state index in [9.17, 15) is 5.11 Å². The molecule has 0 amide bonds. The van der Waals surface area contributed by atoms with Gasteiger partial charge < -0.3 is 25.6 Å². The Balaban J connectivity index is 2.02. The van der Waals surface area contributed by atoms with Crippen molar-refractivity contribution < 1.29 is 14.9 Å². The summed E-state index contributed by atoms with van der Waals surface area (Å²) >= 11 is 0. The number of nitrogens with two attached hydrogens (primary N) is 1. The van der Waals surface area contributed by atoms with Crippen LogP contribution in [0.2, 0.25) is 0 Å². The van der Waals surface area contributed by atoms with Crippen LogP contribution in [0, 0.1) is 0 Å². The van der Waals surface area contributed by atoms with E-state index in [4.69, 9.17) is 15.6 Å². The second-order valence-electron chi connectivity index (χ2n) is 4.95. The molecule has 0 aromatic heterocycles. The number of hydrogen-bond donors (Lipinski definition) is 3. The minimum atomic E-state index is -0.642. The molecule has 100 valence electrons. The zero-order valence-corrected chi connectivity index (χ0v) is 10.3. The molecule has 2 heterocycles. The summed E-state index contributed by atoms with van der Waals surface area (Å²) in [6, 6.07) is -0.0779. The topological polar surface area (TPSA) is 82.2 Å². The summed E-state index contributed by atoms with van der Waals surface area (Å²) in [5, 5.41) is 19.3. The third-order valence-corrected chi connectivity index (χ3v) is 3.83. The first-order chi connectivity index (χ1) is 8.17. The highest BCUT2D eigenvalue weighted by atomic mass is 16.5. The van der Waals surface area contributed by atoms with Crippen LogP contribution in [-0.4, -0.2) is 90.7 Å². The average molecular weight is 245 g/mol. The maximum atomic E-state index is 10.2. The van der Waals surface area contributed by atoms with E-state index in [0.717, 1.165) is 26.2 Å². The fourth-order valence-electron chi connectivity index (χ4n) is 2.74. The summed E-state index contributed by atoms with van der Waals surface area (Å²) in [7, 11) is 2.09. The third-order valence-electron chi connectivity index (χ3n) is 3.83. The van der Waals surface area contributed by atoms with E-state index in [1.807, 2.05) is 0 Å². The third kappa shape index (κ3) is 2.62. The Morgan fingerprint density at radius 1 is 1.24 bits per heavy atom. The lowest BCUT2D eigenvalue weighted by molar-refractivity contribution is -0.0193. The number of likely N-dealkylation sites (N-methyl/N-ethyl adjacent to an activating group) is 1. The summed E-state index contributed by atoms with van der Waals surface area (Å²) in [4.78, 5) is 4.50. The van der Waals surface area contributed by atoms with Crippen molar-refractivity contribution in [2.24, 2.45) is 5.73 Å². The van der Waals surface area contributed by atoms with Crippen LogP contribution in [0.1, 0.15) is 0 Å². The van der Waals surface area contributed by atoms with Crippen LogP contribution in [0.3, 0.4) is 0 Å². The van der Waals surface area contributed by atoms with Crippen LogP contribution >= 0.6 is 0 Å². The zero-order valence-electron chi connectivity index (χ0n) is 10.3. The van der Waals surface area contributed by atoms with Gasteiger partial charge in [0, 0.05) is 32.7 Å². The van der Waals surface area contributed by atoms with E-state index in [-0.39, 0.29) is 18.8 Å². The lowest BCUT2D eigenvalue weighted by Gasteiger charge is -2.39. The van der Waals surface area contributed by atoms with Crippen LogP contribution < -0.4 is 5.73 Å². The van der Waals surface area contributed by atoms with Gasteiger partial charge in [-0.05, 0) is 7.05 Å². The van der Waals surface area contributed by atoms with E-state index >= 15 is 0 Å². The zero-order chi connectivity index (χ0) is 12.4. The molecule has 6 heteroatoms. The van der Waals surface area contributed by atoms with Crippen molar-refractivity contribution >= 4 is 0 Å². The van der Waals surface area contributed by atoms with Gasteiger partial charge in [0.2, 0.25) is 0 Å². The van der Waals surface area contributed by atoms with Crippen LogP contribution in [0.15, 0.2) is 0 Å². The molecule has 0 saturated carbocycles. The SMILES string of the molecule is CN1CCN([C@H]2[C@@H](O)[C@@H](CO)O[C@H]2CN)CC1. The van der Waals surface area contributed by atoms with Crippen LogP contribution in [0.25, 0.3) is 0 Å². The van der Waals surface area contributed by atoms with Gasteiger partial charge in [-0.1, -0.05) is 0 Å². The molecule has 6 nitrogen and oxygen atoms in total. The largest absolute Gasteiger partial charge is 0.394 e. The smallest absolute Gasteiger partial charge is 0.109 e. The molecule has 4 N–H and O–H groups in total. The normalized spacial score (nSPS) is 40.9. The van der Waals surface area contributed by atoms with Gasteiger partial charge in [0.25, 0.3) is 0 Å². The summed E-state index contributed by atoms with van der Waals surface area (Å²) in [5.41, 5.74) is 5.68. The molecule has 4 atom stereocenters. The Morgan fingerprint density at radius 3 is 2.41 bits per heavy atom. The molecule has 2 aliphatic rings. The molecule has 0 aliphatic carbocycles. The van der Waals surface area contributed by atoms with Crippen molar-refractivity contribution in [1.82, 2.24) is 9.80 Å². The van der Waals surface area contributed by atoms with Gasteiger partial charge >= 0.3 is 0 Å². The number of hydrogen-bond acceptors (Lipinski definition) is 6. The van der Waals surface area contributed by atoms with Gasteiger partial charge in [0.15, 0.2) is 0 Å². The molecule has 2 fully saturated rings. The number of nitrogens with zero attached hydrogens (tertiary/aromatic N) is 2. The monoisotopic (exact) mass is 245 g/mol. The number of aliphatic hydroxyl groups excluding tert-OH is 2. The lowest BCUT2D eigenvalue weighted by Crippen LogP contribution is -2.56. The standard InChI is InChI=1S/C11H23N3O3/c1-13-2-4-14(5-3-13)10-8(6-12)17-9(7-15)11(10)16/h8-11,15-16H,2-7,12H2,1H3/t8-,9+,10+,11-/m0/s1. The molecule has 0 spiro atoms. The molecular weight excluding hydrogens is 222 g/mol. The van der Waals surface area contributed by atoms with Crippen molar-refractivity contribution in [2.45, 2.75) is 24.4 Å². The first-order valence-corrected chi connectivity index (χ1v) is 6.24. The number of piperazine rings is 1.